The van der Waals surface area contributed by atoms with Crippen LogP contribution in [-0.4, -0.2) is 36.1 Å². The van der Waals surface area contributed by atoms with Crippen molar-refractivity contribution in [2.45, 2.75) is 18.9 Å². The van der Waals surface area contributed by atoms with Crippen LogP contribution < -0.4 is 10.2 Å². The molecule has 0 spiro atoms. The van der Waals surface area contributed by atoms with Crippen molar-refractivity contribution in [2.75, 3.05) is 25.0 Å². The van der Waals surface area contributed by atoms with Gasteiger partial charge in [-0.25, -0.2) is 9.37 Å². The minimum Gasteiger partial charge on any atom is -0.344 e. The van der Waals surface area contributed by atoms with Crippen molar-refractivity contribution in [2.24, 2.45) is 0 Å². The van der Waals surface area contributed by atoms with Crippen LogP contribution >= 0.6 is 0 Å². The van der Waals surface area contributed by atoms with E-state index in [4.69, 9.17) is 0 Å². The number of H-pyrrole nitrogens is 1. The Labute approximate surface area is 105 Å². The lowest BCUT2D eigenvalue weighted by atomic mass is 10.2. The molecule has 2 N–H and O–H groups in total. The van der Waals surface area contributed by atoms with E-state index in [0.717, 1.165) is 30.1 Å². The third-order valence-electron chi connectivity index (χ3n) is 3.45. The van der Waals surface area contributed by atoms with Gasteiger partial charge < -0.3 is 15.2 Å². The van der Waals surface area contributed by atoms with Crippen molar-refractivity contribution in [1.29, 1.82) is 0 Å². The summed E-state index contributed by atoms with van der Waals surface area (Å²) in [7, 11) is 2.01. The van der Waals surface area contributed by atoms with E-state index >= 15 is 0 Å². The summed E-state index contributed by atoms with van der Waals surface area (Å²) < 4.78 is 13.1. The van der Waals surface area contributed by atoms with Crippen LogP contribution in [-0.2, 0) is 0 Å². The molecule has 0 radical (unpaired) electrons. The van der Waals surface area contributed by atoms with Gasteiger partial charge in [-0.3, -0.25) is 0 Å². The van der Waals surface area contributed by atoms with Crippen LogP contribution in [0.25, 0.3) is 11.0 Å². The molecule has 1 aliphatic rings. The minimum absolute atomic E-state index is 0.238. The highest BCUT2D eigenvalue weighted by Gasteiger charge is 2.17. The number of halogens is 1. The normalized spacial score (nSPS) is 19.6. The van der Waals surface area contributed by atoms with Gasteiger partial charge in [-0.1, -0.05) is 0 Å². The second kappa shape index (κ2) is 4.57. The maximum absolute atomic E-state index is 13.1. The fourth-order valence-electron chi connectivity index (χ4n) is 2.48. The Hall–Kier alpha value is -1.62. The number of hydrogen-bond donors (Lipinski definition) is 2. The van der Waals surface area contributed by atoms with Gasteiger partial charge in [0, 0.05) is 19.6 Å². The molecule has 1 aromatic heterocycles. The predicted octanol–water partition coefficient (Wildman–Crippen LogP) is 1.89. The molecule has 2 heterocycles. The van der Waals surface area contributed by atoms with Gasteiger partial charge in [0.15, 0.2) is 0 Å². The molecule has 18 heavy (non-hydrogen) atoms. The number of anilines is 1. The number of aromatic nitrogens is 2. The Morgan fingerprint density at radius 1 is 1.50 bits per heavy atom. The summed E-state index contributed by atoms with van der Waals surface area (Å²) in [5.74, 6) is 0.558. The maximum atomic E-state index is 13.1. The first-order chi connectivity index (χ1) is 8.72. The van der Waals surface area contributed by atoms with Gasteiger partial charge in [0.05, 0.1) is 11.0 Å². The Kier molecular flexibility index (Phi) is 2.91. The second-order valence-electron chi connectivity index (χ2n) is 4.90. The van der Waals surface area contributed by atoms with E-state index in [1.54, 1.807) is 6.07 Å². The molecule has 1 aliphatic heterocycles. The maximum Gasteiger partial charge on any atom is 0.203 e. The number of aromatic amines is 1. The number of likely N-dealkylation sites (N-methyl/N-ethyl adjacent to an activating group) is 1. The van der Waals surface area contributed by atoms with Crippen LogP contribution in [0.5, 0.6) is 0 Å². The van der Waals surface area contributed by atoms with Crippen molar-refractivity contribution in [3.63, 3.8) is 0 Å². The average molecular weight is 248 g/mol. The van der Waals surface area contributed by atoms with Crippen molar-refractivity contribution in [1.82, 2.24) is 15.3 Å². The zero-order valence-electron chi connectivity index (χ0n) is 10.4. The summed E-state index contributed by atoms with van der Waals surface area (Å²) in [6, 6.07) is 5.14. The van der Waals surface area contributed by atoms with Gasteiger partial charge in [-0.15, -0.1) is 0 Å². The highest BCUT2D eigenvalue weighted by Crippen LogP contribution is 2.18. The largest absolute Gasteiger partial charge is 0.344 e. The van der Waals surface area contributed by atoms with Gasteiger partial charge in [0.2, 0.25) is 5.95 Å². The average Bonchev–Trinajstić information content (AvgIpc) is 2.96. The highest BCUT2D eigenvalue weighted by atomic mass is 19.1. The smallest absolute Gasteiger partial charge is 0.203 e. The molecular weight excluding hydrogens is 231 g/mol. The van der Waals surface area contributed by atoms with Gasteiger partial charge >= 0.3 is 0 Å². The third-order valence-corrected chi connectivity index (χ3v) is 3.45. The molecule has 0 bridgehead atoms. The van der Waals surface area contributed by atoms with Crippen LogP contribution in [0.15, 0.2) is 18.2 Å². The molecule has 1 atom stereocenters. The van der Waals surface area contributed by atoms with Crippen molar-refractivity contribution in [3.05, 3.63) is 24.0 Å². The van der Waals surface area contributed by atoms with E-state index in [-0.39, 0.29) is 5.82 Å². The number of hydrogen-bond acceptors (Lipinski definition) is 3. The lowest BCUT2D eigenvalue weighted by Gasteiger charge is -2.20. The number of fused-ring (bicyclic) bond motifs is 1. The Morgan fingerprint density at radius 3 is 3.17 bits per heavy atom. The zero-order chi connectivity index (χ0) is 12.5. The van der Waals surface area contributed by atoms with Gasteiger partial charge in [-0.05, 0) is 37.6 Å². The molecule has 1 aromatic carbocycles. The Bertz CT molecular complexity index is 545. The van der Waals surface area contributed by atoms with Gasteiger partial charge in [-0.2, -0.15) is 0 Å². The van der Waals surface area contributed by atoms with Gasteiger partial charge in [0.1, 0.15) is 5.82 Å². The summed E-state index contributed by atoms with van der Waals surface area (Å²) in [5, 5.41) is 3.46. The molecule has 1 fully saturated rings. The first-order valence-electron chi connectivity index (χ1n) is 6.32. The number of imidazole rings is 1. The third kappa shape index (κ3) is 2.18. The first-order valence-corrected chi connectivity index (χ1v) is 6.32. The summed E-state index contributed by atoms with van der Waals surface area (Å²) in [6.45, 7) is 2.02. The molecule has 0 aliphatic carbocycles. The zero-order valence-corrected chi connectivity index (χ0v) is 10.4. The summed E-state index contributed by atoms with van der Waals surface area (Å²) >= 11 is 0. The van der Waals surface area contributed by atoms with E-state index < -0.39 is 0 Å². The quantitative estimate of drug-likeness (QED) is 0.871. The lowest BCUT2D eigenvalue weighted by Crippen LogP contribution is -2.35. The second-order valence-corrected chi connectivity index (χ2v) is 4.90. The molecule has 1 saturated heterocycles. The summed E-state index contributed by atoms with van der Waals surface area (Å²) in [6.07, 6.45) is 2.45. The lowest BCUT2D eigenvalue weighted by molar-refractivity contribution is 0.595. The molecule has 4 nitrogen and oxygen atoms in total. The fourth-order valence-corrected chi connectivity index (χ4v) is 2.48. The Morgan fingerprint density at radius 2 is 2.39 bits per heavy atom. The number of benzene rings is 1. The van der Waals surface area contributed by atoms with Gasteiger partial charge in [0.25, 0.3) is 0 Å². The van der Waals surface area contributed by atoms with E-state index in [2.05, 4.69) is 20.2 Å². The van der Waals surface area contributed by atoms with Crippen LogP contribution in [0, 0.1) is 5.82 Å². The Balaban J connectivity index is 1.80. The number of nitrogens with zero attached hydrogens (tertiary/aromatic N) is 2. The standard InChI is InChI=1S/C13H17FN4/c1-18(8-10-3-2-6-15-10)13-16-11-5-4-9(14)7-12(11)17-13/h4-5,7,10,15H,2-3,6,8H2,1H3,(H,16,17). The van der Waals surface area contributed by atoms with Crippen molar-refractivity contribution < 1.29 is 4.39 Å². The van der Waals surface area contributed by atoms with E-state index in [1.165, 1.54) is 25.0 Å². The number of nitrogens with one attached hydrogen (secondary N) is 2. The van der Waals surface area contributed by atoms with Crippen molar-refractivity contribution >= 4 is 17.0 Å². The SMILES string of the molecule is CN(CC1CCCN1)c1nc2ccc(F)cc2[nH]1. The molecular formula is C13H17FN4. The predicted molar refractivity (Wildman–Crippen MR) is 70.3 cm³/mol. The molecule has 5 heteroatoms. The van der Waals surface area contributed by atoms with Crippen LogP contribution in [0.2, 0.25) is 0 Å². The van der Waals surface area contributed by atoms with Crippen molar-refractivity contribution in [3.8, 4) is 0 Å². The van der Waals surface area contributed by atoms with E-state index in [0.29, 0.717) is 6.04 Å². The first kappa shape index (κ1) is 11.5. The monoisotopic (exact) mass is 248 g/mol. The minimum atomic E-state index is -0.238. The fraction of sp³-hybridized carbons (Fsp3) is 0.462. The number of rotatable bonds is 3. The van der Waals surface area contributed by atoms with E-state index in [9.17, 15) is 4.39 Å². The summed E-state index contributed by atoms with van der Waals surface area (Å²) in [4.78, 5) is 9.71. The summed E-state index contributed by atoms with van der Waals surface area (Å²) in [5.41, 5.74) is 1.55. The molecule has 0 saturated carbocycles. The van der Waals surface area contributed by atoms with E-state index in [1.807, 2.05) is 7.05 Å². The molecule has 96 valence electrons. The molecule has 0 amide bonds. The highest BCUT2D eigenvalue weighted by molar-refractivity contribution is 5.77. The molecule has 2 aromatic rings. The van der Waals surface area contributed by atoms with Crippen LogP contribution in [0.1, 0.15) is 12.8 Å². The van der Waals surface area contributed by atoms with Crippen LogP contribution in [0.3, 0.4) is 0 Å². The topological polar surface area (TPSA) is 44.0 Å². The van der Waals surface area contributed by atoms with Crippen LogP contribution in [0.4, 0.5) is 10.3 Å². The molecule has 3 rings (SSSR count). The molecule has 1 unspecified atom stereocenters.